The minimum Gasteiger partial charge on any atom is -0.384 e. The Labute approximate surface area is 85.3 Å². The van der Waals surface area contributed by atoms with Crippen molar-refractivity contribution in [1.82, 2.24) is 0 Å². The number of rotatable bonds is 2. The summed E-state index contributed by atoms with van der Waals surface area (Å²) >= 11 is 0. The summed E-state index contributed by atoms with van der Waals surface area (Å²) in [5.41, 5.74) is 1.79. The summed E-state index contributed by atoms with van der Waals surface area (Å²) in [7, 11) is 0. The average Bonchev–Trinajstić information content (AvgIpc) is 2.06. The molecule has 0 bridgehead atoms. The van der Waals surface area contributed by atoms with Gasteiger partial charge < -0.3 is 5.32 Å². The smallest absolute Gasteiger partial charge is 0.128 e. The van der Waals surface area contributed by atoms with Crippen LogP contribution >= 0.6 is 0 Å². The first-order valence-electron chi connectivity index (χ1n) is 4.89. The van der Waals surface area contributed by atoms with Gasteiger partial charge in [-0.15, -0.1) is 0 Å². The molecule has 0 amide bonds. The van der Waals surface area contributed by atoms with Crippen LogP contribution in [0.25, 0.3) is 0 Å². The Balaban J connectivity index is 2.73. The van der Waals surface area contributed by atoms with Gasteiger partial charge in [-0.1, -0.05) is 26.8 Å². The Kier molecular flexibility index (Phi) is 3.14. The topological polar surface area (TPSA) is 12.0 Å². The lowest BCUT2D eigenvalue weighted by molar-refractivity contribution is 0.443. The fourth-order valence-electron chi connectivity index (χ4n) is 1.16. The zero-order valence-electron chi connectivity index (χ0n) is 9.32. The Bertz CT molecular complexity index is 313. The summed E-state index contributed by atoms with van der Waals surface area (Å²) < 4.78 is 13.2. The van der Waals surface area contributed by atoms with E-state index in [1.165, 1.54) is 6.07 Å². The number of nitrogens with one attached hydrogen (secondary N) is 1. The van der Waals surface area contributed by atoms with Gasteiger partial charge in [-0.05, 0) is 24.5 Å². The van der Waals surface area contributed by atoms with Crippen LogP contribution in [-0.2, 0) is 0 Å². The Morgan fingerprint density at radius 3 is 2.50 bits per heavy atom. The predicted molar refractivity (Wildman–Crippen MR) is 59.1 cm³/mol. The van der Waals surface area contributed by atoms with Crippen LogP contribution in [0.2, 0.25) is 0 Å². The highest BCUT2D eigenvalue weighted by Gasteiger charge is 2.10. The van der Waals surface area contributed by atoms with E-state index in [2.05, 4.69) is 26.1 Å². The molecule has 0 saturated heterocycles. The molecule has 0 spiro atoms. The molecule has 0 fully saturated rings. The van der Waals surface area contributed by atoms with Crippen molar-refractivity contribution < 1.29 is 4.39 Å². The largest absolute Gasteiger partial charge is 0.384 e. The van der Waals surface area contributed by atoms with Gasteiger partial charge in [0.15, 0.2) is 0 Å². The lowest BCUT2D eigenvalue weighted by atomic mass is 9.97. The van der Waals surface area contributed by atoms with Crippen LogP contribution < -0.4 is 5.32 Å². The second kappa shape index (κ2) is 3.99. The van der Waals surface area contributed by atoms with Crippen LogP contribution in [0.4, 0.5) is 10.1 Å². The molecule has 0 aromatic heterocycles. The number of hydrogen-bond acceptors (Lipinski definition) is 1. The standard InChI is InChI=1S/C12H18FN/c1-9-10(13)6-5-7-11(9)14-8-12(2,3)4/h5-7,14H,8H2,1-4H3. The van der Waals surface area contributed by atoms with Crippen molar-refractivity contribution in [2.75, 3.05) is 11.9 Å². The maximum absolute atomic E-state index is 13.2. The lowest BCUT2D eigenvalue weighted by Gasteiger charge is -2.20. The van der Waals surface area contributed by atoms with Gasteiger partial charge in [0, 0.05) is 17.8 Å². The summed E-state index contributed by atoms with van der Waals surface area (Å²) in [6.07, 6.45) is 0. The molecule has 0 aliphatic heterocycles. The van der Waals surface area contributed by atoms with Crippen LogP contribution in [0.1, 0.15) is 26.3 Å². The fourth-order valence-corrected chi connectivity index (χ4v) is 1.16. The molecule has 0 radical (unpaired) electrons. The molecule has 0 saturated carbocycles. The highest BCUT2D eigenvalue weighted by atomic mass is 19.1. The van der Waals surface area contributed by atoms with E-state index in [9.17, 15) is 4.39 Å². The fraction of sp³-hybridized carbons (Fsp3) is 0.500. The molecule has 0 heterocycles. The van der Waals surface area contributed by atoms with E-state index in [1.54, 1.807) is 13.0 Å². The molecule has 1 nitrogen and oxygen atoms in total. The van der Waals surface area contributed by atoms with E-state index in [0.717, 1.165) is 12.2 Å². The third-order valence-corrected chi connectivity index (χ3v) is 2.08. The molecular weight excluding hydrogens is 177 g/mol. The first kappa shape index (κ1) is 11.0. The highest BCUT2D eigenvalue weighted by molar-refractivity contribution is 5.50. The van der Waals surface area contributed by atoms with Gasteiger partial charge in [0.1, 0.15) is 5.82 Å². The SMILES string of the molecule is Cc1c(F)cccc1NCC(C)(C)C. The quantitative estimate of drug-likeness (QED) is 0.760. The number of halogens is 1. The first-order valence-corrected chi connectivity index (χ1v) is 4.89. The van der Waals surface area contributed by atoms with Crippen molar-refractivity contribution >= 4 is 5.69 Å². The summed E-state index contributed by atoms with van der Waals surface area (Å²) in [5, 5.41) is 3.25. The molecule has 0 atom stereocenters. The molecule has 1 aromatic carbocycles. The third-order valence-electron chi connectivity index (χ3n) is 2.08. The maximum Gasteiger partial charge on any atom is 0.128 e. The summed E-state index contributed by atoms with van der Waals surface area (Å²) in [6, 6.07) is 5.12. The predicted octanol–water partition coefficient (Wildman–Crippen LogP) is 3.59. The van der Waals surface area contributed by atoms with Crippen molar-refractivity contribution in [2.24, 2.45) is 5.41 Å². The Hall–Kier alpha value is -1.05. The minimum atomic E-state index is -0.149. The Morgan fingerprint density at radius 1 is 1.29 bits per heavy atom. The van der Waals surface area contributed by atoms with E-state index >= 15 is 0 Å². The van der Waals surface area contributed by atoms with E-state index < -0.39 is 0 Å². The van der Waals surface area contributed by atoms with E-state index in [0.29, 0.717) is 5.56 Å². The normalized spacial score (nSPS) is 11.5. The van der Waals surface area contributed by atoms with Gasteiger partial charge >= 0.3 is 0 Å². The maximum atomic E-state index is 13.2. The van der Waals surface area contributed by atoms with Crippen LogP contribution in [-0.4, -0.2) is 6.54 Å². The molecule has 14 heavy (non-hydrogen) atoms. The molecule has 0 aliphatic carbocycles. The third kappa shape index (κ3) is 3.02. The second-order valence-electron chi connectivity index (χ2n) is 4.83. The molecule has 1 N–H and O–H groups in total. The van der Waals surface area contributed by atoms with E-state index in [1.807, 2.05) is 6.07 Å². The molecular formula is C12H18FN. The summed E-state index contributed by atoms with van der Waals surface area (Å²) in [6.45, 7) is 9.08. The van der Waals surface area contributed by atoms with Crippen molar-refractivity contribution in [2.45, 2.75) is 27.7 Å². The van der Waals surface area contributed by atoms with Gasteiger partial charge in [0.2, 0.25) is 0 Å². The Morgan fingerprint density at radius 2 is 1.93 bits per heavy atom. The van der Waals surface area contributed by atoms with Crippen molar-refractivity contribution in [3.63, 3.8) is 0 Å². The number of hydrogen-bond donors (Lipinski definition) is 1. The minimum absolute atomic E-state index is 0.149. The zero-order valence-corrected chi connectivity index (χ0v) is 9.32. The van der Waals surface area contributed by atoms with Crippen molar-refractivity contribution in [3.8, 4) is 0 Å². The molecule has 78 valence electrons. The van der Waals surface area contributed by atoms with Gasteiger partial charge in [0.05, 0.1) is 0 Å². The number of benzene rings is 1. The van der Waals surface area contributed by atoms with E-state index in [-0.39, 0.29) is 11.2 Å². The van der Waals surface area contributed by atoms with Gasteiger partial charge in [-0.2, -0.15) is 0 Å². The van der Waals surface area contributed by atoms with Gasteiger partial charge in [-0.25, -0.2) is 4.39 Å². The number of anilines is 1. The average molecular weight is 195 g/mol. The van der Waals surface area contributed by atoms with Crippen molar-refractivity contribution in [1.29, 1.82) is 0 Å². The molecule has 0 aliphatic rings. The van der Waals surface area contributed by atoms with E-state index in [4.69, 9.17) is 0 Å². The van der Waals surface area contributed by atoms with Gasteiger partial charge in [-0.3, -0.25) is 0 Å². The van der Waals surface area contributed by atoms with Crippen LogP contribution in [0.15, 0.2) is 18.2 Å². The van der Waals surface area contributed by atoms with Crippen LogP contribution in [0.5, 0.6) is 0 Å². The van der Waals surface area contributed by atoms with Crippen molar-refractivity contribution in [3.05, 3.63) is 29.6 Å². The monoisotopic (exact) mass is 195 g/mol. The van der Waals surface area contributed by atoms with Crippen LogP contribution in [0.3, 0.4) is 0 Å². The molecule has 0 unspecified atom stereocenters. The summed E-state index contributed by atoms with van der Waals surface area (Å²) in [5.74, 6) is -0.149. The molecule has 1 aromatic rings. The van der Waals surface area contributed by atoms with Gasteiger partial charge in [0.25, 0.3) is 0 Å². The molecule has 1 rings (SSSR count). The highest BCUT2D eigenvalue weighted by Crippen LogP contribution is 2.20. The first-order chi connectivity index (χ1) is 6.40. The van der Waals surface area contributed by atoms with Crippen LogP contribution in [0, 0.1) is 18.2 Å². The second-order valence-corrected chi connectivity index (χ2v) is 4.83. The summed E-state index contributed by atoms with van der Waals surface area (Å²) in [4.78, 5) is 0. The molecule has 2 heteroatoms. The lowest BCUT2D eigenvalue weighted by Crippen LogP contribution is -2.19. The zero-order chi connectivity index (χ0) is 10.8.